The Kier molecular flexibility index (Phi) is 7.33. The van der Waals surface area contributed by atoms with Crippen molar-refractivity contribution in [3.63, 3.8) is 0 Å². The van der Waals surface area contributed by atoms with Crippen molar-refractivity contribution in [3.8, 4) is 0 Å². The minimum Gasteiger partial charge on any atom is -0.370 e. The van der Waals surface area contributed by atoms with E-state index in [9.17, 15) is 4.79 Å². The first-order valence-corrected chi connectivity index (χ1v) is 8.68. The van der Waals surface area contributed by atoms with E-state index in [2.05, 4.69) is 9.89 Å². The number of aliphatic imine (C=N–C) groups is 1. The SMILES string of the molecule is I.NC(=NCCN1CCc2ccccc2C1=O)N1CCCCCC1. The first-order valence-electron chi connectivity index (χ1n) is 8.68. The van der Waals surface area contributed by atoms with Gasteiger partial charge in [-0.25, -0.2) is 0 Å². The van der Waals surface area contributed by atoms with E-state index < -0.39 is 0 Å². The fourth-order valence-electron chi connectivity index (χ4n) is 3.37. The predicted molar refractivity (Wildman–Crippen MR) is 108 cm³/mol. The first kappa shape index (κ1) is 19.0. The molecule has 0 atom stereocenters. The molecular formula is C18H27IN4O. The Hall–Kier alpha value is -1.31. The molecule has 0 saturated carbocycles. The highest BCUT2D eigenvalue weighted by molar-refractivity contribution is 14.0. The minimum atomic E-state index is 0. The van der Waals surface area contributed by atoms with Gasteiger partial charge in [0.15, 0.2) is 5.96 Å². The molecule has 24 heavy (non-hydrogen) atoms. The molecule has 0 aliphatic carbocycles. The van der Waals surface area contributed by atoms with Gasteiger partial charge in [-0.2, -0.15) is 0 Å². The molecule has 5 nitrogen and oxygen atoms in total. The van der Waals surface area contributed by atoms with Crippen LogP contribution < -0.4 is 5.73 Å². The van der Waals surface area contributed by atoms with Gasteiger partial charge in [-0.15, -0.1) is 24.0 Å². The van der Waals surface area contributed by atoms with Crippen LogP contribution in [0.4, 0.5) is 0 Å². The molecular weight excluding hydrogens is 415 g/mol. The van der Waals surface area contributed by atoms with Gasteiger partial charge in [0, 0.05) is 31.7 Å². The summed E-state index contributed by atoms with van der Waals surface area (Å²) in [4.78, 5) is 21.0. The fourth-order valence-corrected chi connectivity index (χ4v) is 3.37. The molecule has 2 aliphatic rings. The zero-order chi connectivity index (χ0) is 16.1. The quantitative estimate of drug-likeness (QED) is 0.445. The van der Waals surface area contributed by atoms with Crippen molar-refractivity contribution in [2.75, 3.05) is 32.7 Å². The summed E-state index contributed by atoms with van der Waals surface area (Å²) in [6, 6.07) is 7.88. The molecule has 0 spiro atoms. The van der Waals surface area contributed by atoms with Gasteiger partial charge in [0.1, 0.15) is 0 Å². The molecule has 0 radical (unpaired) electrons. The van der Waals surface area contributed by atoms with Gasteiger partial charge in [-0.3, -0.25) is 9.79 Å². The number of likely N-dealkylation sites (tertiary alicyclic amines) is 1. The van der Waals surface area contributed by atoms with E-state index in [1.54, 1.807) is 0 Å². The second kappa shape index (κ2) is 9.25. The monoisotopic (exact) mass is 442 g/mol. The van der Waals surface area contributed by atoms with Crippen molar-refractivity contribution in [1.82, 2.24) is 9.80 Å². The number of guanidine groups is 1. The molecule has 2 heterocycles. The van der Waals surface area contributed by atoms with Crippen LogP contribution in [0.15, 0.2) is 29.3 Å². The summed E-state index contributed by atoms with van der Waals surface area (Å²) < 4.78 is 0. The number of carbonyl (C=O) groups excluding carboxylic acids is 1. The Morgan fingerprint density at radius 3 is 2.54 bits per heavy atom. The lowest BCUT2D eigenvalue weighted by Gasteiger charge is -2.28. The summed E-state index contributed by atoms with van der Waals surface area (Å²) in [5.74, 6) is 0.757. The number of amides is 1. The van der Waals surface area contributed by atoms with Crippen LogP contribution in [0.1, 0.15) is 41.6 Å². The van der Waals surface area contributed by atoms with Gasteiger partial charge >= 0.3 is 0 Å². The van der Waals surface area contributed by atoms with Crippen LogP contribution in [0.2, 0.25) is 0 Å². The summed E-state index contributed by atoms with van der Waals surface area (Å²) >= 11 is 0. The number of nitrogens with two attached hydrogens (primary N) is 1. The maximum atomic E-state index is 12.5. The molecule has 132 valence electrons. The van der Waals surface area contributed by atoms with E-state index in [0.29, 0.717) is 19.0 Å². The van der Waals surface area contributed by atoms with Crippen LogP contribution in [0.5, 0.6) is 0 Å². The number of carbonyl (C=O) groups is 1. The lowest BCUT2D eigenvalue weighted by molar-refractivity contribution is 0.0745. The van der Waals surface area contributed by atoms with Crippen LogP contribution in [0.3, 0.4) is 0 Å². The average molecular weight is 442 g/mol. The molecule has 2 N–H and O–H groups in total. The van der Waals surface area contributed by atoms with E-state index >= 15 is 0 Å². The topological polar surface area (TPSA) is 61.9 Å². The normalized spacial score (nSPS) is 18.7. The number of rotatable bonds is 3. The summed E-state index contributed by atoms with van der Waals surface area (Å²) in [7, 11) is 0. The highest BCUT2D eigenvalue weighted by atomic mass is 127. The number of fused-ring (bicyclic) bond motifs is 1. The maximum Gasteiger partial charge on any atom is 0.254 e. The molecule has 1 aromatic carbocycles. The summed E-state index contributed by atoms with van der Waals surface area (Å²) in [5, 5.41) is 0. The summed E-state index contributed by atoms with van der Waals surface area (Å²) in [6.07, 6.45) is 5.87. The minimum absolute atomic E-state index is 0. The van der Waals surface area contributed by atoms with E-state index in [1.807, 2.05) is 29.2 Å². The number of halogens is 1. The van der Waals surface area contributed by atoms with E-state index in [4.69, 9.17) is 5.73 Å². The van der Waals surface area contributed by atoms with Crippen LogP contribution in [-0.4, -0.2) is 54.4 Å². The number of nitrogens with zero attached hydrogens (tertiary/aromatic N) is 3. The van der Waals surface area contributed by atoms with Gasteiger partial charge in [-0.05, 0) is 30.9 Å². The second-order valence-corrected chi connectivity index (χ2v) is 6.34. The van der Waals surface area contributed by atoms with E-state index in [1.165, 1.54) is 25.7 Å². The van der Waals surface area contributed by atoms with Crippen molar-refractivity contribution < 1.29 is 4.79 Å². The number of benzene rings is 1. The third-order valence-electron chi connectivity index (χ3n) is 4.76. The van der Waals surface area contributed by atoms with Gasteiger partial charge in [-0.1, -0.05) is 31.0 Å². The average Bonchev–Trinajstić information content (AvgIpc) is 2.86. The van der Waals surface area contributed by atoms with Gasteiger partial charge in [0.25, 0.3) is 5.91 Å². The molecule has 6 heteroatoms. The first-order chi connectivity index (χ1) is 11.3. The van der Waals surface area contributed by atoms with Gasteiger partial charge < -0.3 is 15.5 Å². The molecule has 2 aliphatic heterocycles. The zero-order valence-corrected chi connectivity index (χ0v) is 16.4. The second-order valence-electron chi connectivity index (χ2n) is 6.34. The Morgan fingerprint density at radius 2 is 1.79 bits per heavy atom. The molecule has 1 saturated heterocycles. The Balaban J connectivity index is 0.00000208. The molecule has 1 amide bonds. The van der Waals surface area contributed by atoms with Crippen LogP contribution in [0, 0.1) is 0 Å². The standard InChI is InChI=1S/C18H26N4O.HI/c19-18(22-11-5-1-2-6-12-22)20-10-14-21-13-9-15-7-3-4-8-16(15)17(21)23;/h3-4,7-8H,1-2,5-6,9-14H2,(H2,19,20);1H. The Labute approximate surface area is 161 Å². The molecule has 0 aromatic heterocycles. The van der Waals surface area contributed by atoms with Crippen molar-refractivity contribution in [2.45, 2.75) is 32.1 Å². The number of hydrogen-bond donors (Lipinski definition) is 1. The summed E-state index contributed by atoms with van der Waals surface area (Å²) in [6.45, 7) is 4.00. The molecule has 0 bridgehead atoms. The van der Waals surface area contributed by atoms with Crippen molar-refractivity contribution in [3.05, 3.63) is 35.4 Å². The lowest BCUT2D eigenvalue weighted by atomic mass is 9.99. The highest BCUT2D eigenvalue weighted by Gasteiger charge is 2.23. The maximum absolute atomic E-state index is 12.5. The van der Waals surface area contributed by atoms with Crippen molar-refractivity contribution >= 4 is 35.8 Å². The van der Waals surface area contributed by atoms with Crippen molar-refractivity contribution in [2.24, 2.45) is 10.7 Å². The molecule has 1 fully saturated rings. The molecule has 0 unspecified atom stereocenters. The molecule has 1 aromatic rings. The summed E-state index contributed by atoms with van der Waals surface area (Å²) in [5.41, 5.74) is 8.11. The smallest absolute Gasteiger partial charge is 0.254 e. The largest absolute Gasteiger partial charge is 0.370 e. The Bertz CT molecular complexity index is 582. The number of hydrogen-bond acceptors (Lipinski definition) is 2. The van der Waals surface area contributed by atoms with Crippen LogP contribution in [0.25, 0.3) is 0 Å². The highest BCUT2D eigenvalue weighted by Crippen LogP contribution is 2.18. The zero-order valence-electron chi connectivity index (χ0n) is 14.1. The van der Waals surface area contributed by atoms with E-state index in [-0.39, 0.29) is 29.9 Å². The van der Waals surface area contributed by atoms with Crippen LogP contribution >= 0.6 is 24.0 Å². The van der Waals surface area contributed by atoms with Crippen molar-refractivity contribution in [1.29, 1.82) is 0 Å². The van der Waals surface area contributed by atoms with Crippen LogP contribution in [-0.2, 0) is 6.42 Å². The van der Waals surface area contributed by atoms with Gasteiger partial charge in [0.05, 0.1) is 6.54 Å². The van der Waals surface area contributed by atoms with E-state index in [0.717, 1.165) is 37.2 Å². The van der Waals surface area contributed by atoms with Gasteiger partial charge in [0.2, 0.25) is 0 Å². The Morgan fingerprint density at radius 1 is 1.08 bits per heavy atom. The predicted octanol–water partition coefficient (Wildman–Crippen LogP) is 2.49. The fraction of sp³-hybridized carbons (Fsp3) is 0.556. The third kappa shape index (κ3) is 4.62. The molecule has 3 rings (SSSR count). The third-order valence-corrected chi connectivity index (χ3v) is 4.76. The lowest BCUT2D eigenvalue weighted by Crippen LogP contribution is -2.41.